The summed E-state index contributed by atoms with van der Waals surface area (Å²) in [6.45, 7) is 2.88. The minimum Gasteiger partial charge on any atom is -0.497 e. The van der Waals surface area contributed by atoms with Crippen molar-refractivity contribution in [1.29, 1.82) is 0 Å². The van der Waals surface area contributed by atoms with Gasteiger partial charge in [-0.1, -0.05) is 48.5 Å². The fourth-order valence-electron chi connectivity index (χ4n) is 4.22. The van der Waals surface area contributed by atoms with Crippen LogP contribution in [0.25, 0.3) is 5.69 Å². The Hall–Kier alpha value is -3.77. The normalized spacial score (nSPS) is 13.5. The van der Waals surface area contributed by atoms with E-state index in [2.05, 4.69) is 34.3 Å². The number of nitrogens with zero attached hydrogens (tertiary/aromatic N) is 2. The van der Waals surface area contributed by atoms with Crippen molar-refractivity contribution in [3.63, 3.8) is 0 Å². The Morgan fingerprint density at radius 1 is 0.909 bits per heavy atom. The number of aromatic nitrogens is 2. The van der Waals surface area contributed by atoms with E-state index in [0.717, 1.165) is 53.5 Å². The van der Waals surface area contributed by atoms with Crippen LogP contribution in [-0.2, 0) is 26.1 Å². The number of aromatic amines is 1. The summed E-state index contributed by atoms with van der Waals surface area (Å²) in [6, 6.07) is 25.9. The zero-order valence-corrected chi connectivity index (χ0v) is 18.7. The summed E-state index contributed by atoms with van der Waals surface area (Å²) < 4.78 is 12.8. The average Bonchev–Trinajstić information content (AvgIpc) is 3.20. The van der Waals surface area contributed by atoms with Gasteiger partial charge >= 0.3 is 0 Å². The van der Waals surface area contributed by atoms with Crippen molar-refractivity contribution in [2.24, 2.45) is 0 Å². The Balaban J connectivity index is 1.24. The second-order valence-corrected chi connectivity index (χ2v) is 8.29. The van der Waals surface area contributed by atoms with E-state index in [0.29, 0.717) is 13.2 Å². The van der Waals surface area contributed by atoms with Crippen molar-refractivity contribution in [3.8, 4) is 17.2 Å². The zero-order valence-electron chi connectivity index (χ0n) is 18.7. The van der Waals surface area contributed by atoms with Gasteiger partial charge in [-0.2, -0.15) is 0 Å². The van der Waals surface area contributed by atoms with Crippen LogP contribution >= 0.6 is 0 Å². The van der Waals surface area contributed by atoms with E-state index in [9.17, 15) is 4.79 Å². The summed E-state index contributed by atoms with van der Waals surface area (Å²) >= 11 is 0. The molecule has 1 aromatic heterocycles. The molecule has 168 valence electrons. The van der Waals surface area contributed by atoms with Crippen molar-refractivity contribution in [3.05, 3.63) is 112 Å². The molecule has 6 heteroatoms. The van der Waals surface area contributed by atoms with Crippen LogP contribution in [0.5, 0.6) is 11.5 Å². The highest BCUT2D eigenvalue weighted by Crippen LogP contribution is 2.21. The molecule has 3 aromatic carbocycles. The lowest BCUT2D eigenvalue weighted by atomic mass is 10.1. The predicted octanol–water partition coefficient (Wildman–Crippen LogP) is 4.31. The fourth-order valence-corrected chi connectivity index (χ4v) is 4.22. The molecule has 0 spiro atoms. The molecule has 0 saturated carbocycles. The third-order valence-corrected chi connectivity index (χ3v) is 6.02. The van der Waals surface area contributed by atoms with E-state index in [1.54, 1.807) is 11.8 Å². The van der Waals surface area contributed by atoms with Crippen molar-refractivity contribution >= 4 is 0 Å². The van der Waals surface area contributed by atoms with Gasteiger partial charge in [0.2, 0.25) is 0 Å². The molecule has 6 nitrogen and oxygen atoms in total. The van der Waals surface area contributed by atoms with Crippen molar-refractivity contribution < 1.29 is 9.47 Å². The van der Waals surface area contributed by atoms with Gasteiger partial charge in [-0.3, -0.25) is 14.8 Å². The monoisotopic (exact) mass is 441 g/mol. The first-order chi connectivity index (χ1) is 16.2. The van der Waals surface area contributed by atoms with Crippen LogP contribution in [0.1, 0.15) is 22.4 Å². The maximum absolute atomic E-state index is 13.1. The van der Waals surface area contributed by atoms with Gasteiger partial charge in [-0.25, -0.2) is 4.68 Å². The maximum Gasteiger partial charge on any atom is 0.275 e. The lowest BCUT2D eigenvalue weighted by Gasteiger charge is -2.25. The molecule has 0 amide bonds. The van der Waals surface area contributed by atoms with E-state index in [1.807, 2.05) is 54.6 Å². The lowest BCUT2D eigenvalue weighted by Crippen LogP contribution is -2.32. The Morgan fingerprint density at radius 3 is 2.52 bits per heavy atom. The van der Waals surface area contributed by atoms with E-state index < -0.39 is 0 Å². The molecule has 0 fully saturated rings. The van der Waals surface area contributed by atoms with Gasteiger partial charge in [0, 0.05) is 37.8 Å². The molecular formula is C27H27N3O3. The zero-order chi connectivity index (χ0) is 22.6. The van der Waals surface area contributed by atoms with Crippen LogP contribution in [0.2, 0.25) is 0 Å². The highest BCUT2D eigenvalue weighted by molar-refractivity contribution is 5.40. The molecule has 4 aromatic rings. The summed E-state index contributed by atoms with van der Waals surface area (Å²) in [4.78, 5) is 15.4. The highest BCUT2D eigenvalue weighted by atomic mass is 16.5. The van der Waals surface area contributed by atoms with Gasteiger partial charge in [0.15, 0.2) is 0 Å². The van der Waals surface area contributed by atoms with E-state index in [-0.39, 0.29) is 5.56 Å². The molecule has 0 bridgehead atoms. The van der Waals surface area contributed by atoms with Gasteiger partial charge in [0.05, 0.1) is 18.4 Å². The van der Waals surface area contributed by atoms with E-state index >= 15 is 0 Å². The lowest BCUT2D eigenvalue weighted by molar-refractivity contribution is 0.244. The third-order valence-electron chi connectivity index (χ3n) is 6.02. The third kappa shape index (κ3) is 4.71. The molecule has 5 rings (SSSR count). The standard InChI is InChI=1S/C27H27N3O3/c1-32-24-9-5-8-22(16-24)30-27(31)25-18-29(15-14-26(25)28-30)17-20-10-12-23(13-11-20)33-19-21-6-3-2-4-7-21/h2-13,16,28H,14-15,17-19H2,1H3. The molecule has 0 atom stereocenters. The number of hydrogen-bond acceptors (Lipinski definition) is 4. The van der Waals surface area contributed by atoms with Crippen LogP contribution in [0.15, 0.2) is 83.7 Å². The average molecular weight is 442 g/mol. The predicted molar refractivity (Wildman–Crippen MR) is 128 cm³/mol. The first-order valence-corrected chi connectivity index (χ1v) is 11.1. The van der Waals surface area contributed by atoms with Gasteiger partial charge in [-0.15, -0.1) is 0 Å². The number of nitrogens with one attached hydrogen (secondary N) is 1. The van der Waals surface area contributed by atoms with Crippen molar-refractivity contribution in [1.82, 2.24) is 14.7 Å². The van der Waals surface area contributed by atoms with Crippen LogP contribution in [0, 0.1) is 0 Å². The molecule has 33 heavy (non-hydrogen) atoms. The molecule has 1 aliphatic heterocycles. The van der Waals surface area contributed by atoms with E-state index in [4.69, 9.17) is 9.47 Å². The van der Waals surface area contributed by atoms with Gasteiger partial charge in [0.1, 0.15) is 18.1 Å². The number of H-pyrrole nitrogens is 1. The molecular weight excluding hydrogens is 414 g/mol. The first-order valence-electron chi connectivity index (χ1n) is 11.1. The Morgan fingerprint density at radius 2 is 1.73 bits per heavy atom. The number of rotatable bonds is 7. The molecule has 1 aliphatic rings. The number of ether oxygens (including phenoxy) is 2. The largest absolute Gasteiger partial charge is 0.497 e. The minimum atomic E-state index is 0.00705. The van der Waals surface area contributed by atoms with Gasteiger partial charge in [0.25, 0.3) is 5.56 Å². The van der Waals surface area contributed by atoms with Gasteiger partial charge in [-0.05, 0) is 35.4 Å². The van der Waals surface area contributed by atoms with Crippen LogP contribution in [0.4, 0.5) is 0 Å². The highest BCUT2D eigenvalue weighted by Gasteiger charge is 2.23. The van der Waals surface area contributed by atoms with Crippen LogP contribution < -0.4 is 15.0 Å². The van der Waals surface area contributed by atoms with Gasteiger partial charge < -0.3 is 9.47 Å². The second-order valence-electron chi connectivity index (χ2n) is 8.29. The quantitative estimate of drug-likeness (QED) is 0.464. The Kier molecular flexibility index (Phi) is 6.00. The SMILES string of the molecule is COc1cccc(-n2[nH]c3c(c2=O)CN(Cc2ccc(OCc4ccccc4)cc2)CC3)c1. The first kappa shape index (κ1) is 21.1. The number of hydrogen-bond donors (Lipinski definition) is 1. The Bertz CT molecular complexity index is 1280. The second kappa shape index (κ2) is 9.38. The smallest absolute Gasteiger partial charge is 0.275 e. The summed E-state index contributed by atoms with van der Waals surface area (Å²) in [7, 11) is 1.63. The van der Waals surface area contributed by atoms with Crippen molar-refractivity contribution in [2.75, 3.05) is 13.7 Å². The number of benzene rings is 3. The van der Waals surface area contributed by atoms with Crippen molar-refractivity contribution in [2.45, 2.75) is 26.1 Å². The van der Waals surface area contributed by atoms with Crippen LogP contribution in [0.3, 0.4) is 0 Å². The molecule has 1 N–H and O–H groups in total. The molecule has 2 heterocycles. The summed E-state index contributed by atoms with van der Waals surface area (Å²) in [5, 5.41) is 3.29. The van der Waals surface area contributed by atoms with E-state index in [1.165, 1.54) is 5.56 Å². The summed E-state index contributed by atoms with van der Waals surface area (Å²) in [6.07, 6.45) is 0.819. The summed E-state index contributed by atoms with van der Waals surface area (Å²) in [5.41, 5.74) is 5.00. The topological polar surface area (TPSA) is 59.5 Å². The fraction of sp³-hybridized carbons (Fsp3) is 0.222. The molecule has 0 unspecified atom stereocenters. The number of fused-ring (bicyclic) bond motifs is 1. The molecule has 0 aliphatic carbocycles. The van der Waals surface area contributed by atoms with Crippen LogP contribution in [-0.4, -0.2) is 28.3 Å². The summed E-state index contributed by atoms with van der Waals surface area (Å²) in [5.74, 6) is 1.58. The number of methoxy groups -OCH3 is 1. The maximum atomic E-state index is 13.1. The Labute approximate surface area is 193 Å². The molecule has 0 radical (unpaired) electrons. The molecule has 0 saturated heterocycles. The minimum absolute atomic E-state index is 0.00705.